The Morgan fingerprint density at radius 3 is 2.75 bits per heavy atom. The minimum Gasteiger partial charge on any atom is -0.316 e. The van der Waals surface area contributed by atoms with Crippen LogP contribution in [-0.4, -0.2) is 25.5 Å². The molecule has 0 aliphatic carbocycles. The van der Waals surface area contributed by atoms with E-state index >= 15 is 0 Å². The van der Waals surface area contributed by atoms with Gasteiger partial charge in [-0.15, -0.1) is 0 Å². The number of hydrogen-bond acceptors (Lipinski definition) is 3. The number of carbonyl (C=O) groups excluding carboxylic acids is 1. The normalized spacial score (nSPS) is 18.3. The van der Waals surface area contributed by atoms with Gasteiger partial charge in [-0.3, -0.25) is 4.79 Å². The van der Waals surface area contributed by atoms with E-state index in [4.69, 9.17) is 5.26 Å². The number of rotatable bonds is 4. The second-order valence-electron chi connectivity index (χ2n) is 5.30. The first kappa shape index (κ1) is 14.5. The number of hydrogen-bond donors (Lipinski definition) is 1. The lowest BCUT2D eigenvalue weighted by Gasteiger charge is -2.24. The molecule has 1 aromatic rings. The van der Waals surface area contributed by atoms with Crippen molar-refractivity contribution in [3.63, 3.8) is 0 Å². The highest BCUT2D eigenvalue weighted by molar-refractivity contribution is 5.92. The summed E-state index contributed by atoms with van der Waals surface area (Å²) in [5.41, 5.74) is 1.45. The van der Waals surface area contributed by atoms with Crippen LogP contribution >= 0.6 is 0 Å². The molecule has 0 saturated carbocycles. The number of carbonyl (C=O) groups is 1. The van der Waals surface area contributed by atoms with Crippen molar-refractivity contribution in [1.29, 1.82) is 5.26 Å². The maximum atomic E-state index is 12.2. The number of benzene rings is 1. The second kappa shape index (κ2) is 7.06. The zero-order chi connectivity index (χ0) is 14.4. The summed E-state index contributed by atoms with van der Waals surface area (Å²) in [7, 11) is 1.79. The summed E-state index contributed by atoms with van der Waals surface area (Å²) in [6.45, 7) is 1.07. The standard InChI is InChI=1S/C16H21N3O/c1-19(15-8-5-13(12-17)6-9-15)16(20)10-7-14-4-2-3-11-18-14/h5-6,8-9,14,18H,2-4,7,10-11H2,1H3. The fourth-order valence-electron chi connectivity index (χ4n) is 2.54. The lowest BCUT2D eigenvalue weighted by atomic mass is 10.0. The third-order valence-corrected chi connectivity index (χ3v) is 3.88. The van der Waals surface area contributed by atoms with Gasteiger partial charge in [0.25, 0.3) is 0 Å². The molecule has 20 heavy (non-hydrogen) atoms. The van der Waals surface area contributed by atoms with Crippen LogP contribution in [0.3, 0.4) is 0 Å². The molecule has 1 saturated heterocycles. The molecule has 4 heteroatoms. The average Bonchev–Trinajstić information content (AvgIpc) is 2.53. The van der Waals surface area contributed by atoms with Gasteiger partial charge in [-0.25, -0.2) is 0 Å². The molecule has 1 amide bonds. The van der Waals surface area contributed by atoms with Gasteiger partial charge in [-0.05, 0) is 50.1 Å². The van der Waals surface area contributed by atoms with Crippen LogP contribution in [0.5, 0.6) is 0 Å². The van der Waals surface area contributed by atoms with Gasteiger partial charge in [-0.2, -0.15) is 5.26 Å². The summed E-state index contributed by atoms with van der Waals surface area (Å²) in [5.74, 6) is 0.127. The Kier molecular flexibility index (Phi) is 5.14. The van der Waals surface area contributed by atoms with Gasteiger partial charge in [0, 0.05) is 25.2 Å². The van der Waals surface area contributed by atoms with E-state index in [-0.39, 0.29) is 5.91 Å². The fraction of sp³-hybridized carbons (Fsp3) is 0.500. The first-order valence-electron chi connectivity index (χ1n) is 7.21. The average molecular weight is 271 g/mol. The highest BCUT2D eigenvalue weighted by Crippen LogP contribution is 2.17. The smallest absolute Gasteiger partial charge is 0.226 e. The quantitative estimate of drug-likeness (QED) is 0.915. The number of nitriles is 1. The van der Waals surface area contributed by atoms with Crippen LogP contribution in [0.2, 0.25) is 0 Å². The Morgan fingerprint density at radius 2 is 2.15 bits per heavy atom. The number of piperidine rings is 1. The van der Waals surface area contributed by atoms with E-state index < -0.39 is 0 Å². The van der Waals surface area contributed by atoms with E-state index in [2.05, 4.69) is 11.4 Å². The summed E-state index contributed by atoms with van der Waals surface area (Å²) >= 11 is 0. The minimum absolute atomic E-state index is 0.127. The van der Waals surface area contributed by atoms with Gasteiger partial charge < -0.3 is 10.2 Å². The third-order valence-electron chi connectivity index (χ3n) is 3.88. The topological polar surface area (TPSA) is 56.1 Å². The van der Waals surface area contributed by atoms with Gasteiger partial charge >= 0.3 is 0 Å². The number of nitrogens with one attached hydrogen (secondary N) is 1. The molecule has 106 valence electrons. The molecule has 1 unspecified atom stereocenters. The predicted molar refractivity (Wildman–Crippen MR) is 79.4 cm³/mol. The molecule has 1 aromatic carbocycles. The van der Waals surface area contributed by atoms with Crippen LogP contribution in [0.15, 0.2) is 24.3 Å². The zero-order valence-corrected chi connectivity index (χ0v) is 11.9. The molecule has 0 spiro atoms. The Bertz CT molecular complexity index is 483. The molecule has 0 radical (unpaired) electrons. The maximum absolute atomic E-state index is 12.2. The van der Waals surface area contributed by atoms with Gasteiger partial charge in [0.1, 0.15) is 0 Å². The van der Waals surface area contributed by atoms with Gasteiger partial charge in [0.15, 0.2) is 0 Å². The van der Waals surface area contributed by atoms with Crippen LogP contribution in [0.4, 0.5) is 5.69 Å². The van der Waals surface area contributed by atoms with E-state index in [1.165, 1.54) is 19.3 Å². The summed E-state index contributed by atoms with van der Waals surface area (Å²) in [6.07, 6.45) is 5.15. The van der Waals surface area contributed by atoms with Crippen molar-refractivity contribution in [1.82, 2.24) is 5.32 Å². The van der Waals surface area contributed by atoms with Crippen molar-refractivity contribution in [2.75, 3.05) is 18.5 Å². The number of amides is 1. The second-order valence-corrected chi connectivity index (χ2v) is 5.30. The summed E-state index contributed by atoms with van der Waals surface area (Å²) in [5, 5.41) is 12.2. The highest BCUT2D eigenvalue weighted by Gasteiger charge is 2.16. The van der Waals surface area contributed by atoms with Crippen molar-refractivity contribution >= 4 is 11.6 Å². The Morgan fingerprint density at radius 1 is 1.40 bits per heavy atom. The molecular weight excluding hydrogens is 250 g/mol. The molecule has 1 N–H and O–H groups in total. The lowest BCUT2D eigenvalue weighted by molar-refractivity contribution is -0.118. The van der Waals surface area contributed by atoms with Gasteiger partial charge in [0.05, 0.1) is 11.6 Å². The first-order chi connectivity index (χ1) is 9.70. The highest BCUT2D eigenvalue weighted by atomic mass is 16.2. The van der Waals surface area contributed by atoms with E-state index in [0.29, 0.717) is 18.0 Å². The third kappa shape index (κ3) is 3.82. The van der Waals surface area contributed by atoms with Crippen LogP contribution in [-0.2, 0) is 4.79 Å². The van der Waals surface area contributed by atoms with Crippen LogP contribution in [0.1, 0.15) is 37.7 Å². The largest absolute Gasteiger partial charge is 0.316 e. The molecule has 0 bridgehead atoms. The van der Waals surface area contributed by atoms with E-state index in [0.717, 1.165) is 18.7 Å². The molecular formula is C16H21N3O. The van der Waals surface area contributed by atoms with Crippen LogP contribution in [0, 0.1) is 11.3 Å². The molecule has 1 heterocycles. The van der Waals surface area contributed by atoms with Gasteiger partial charge in [0.2, 0.25) is 5.91 Å². The minimum atomic E-state index is 0.127. The monoisotopic (exact) mass is 271 g/mol. The van der Waals surface area contributed by atoms with Crippen LogP contribution < -0.4 is 10.2 Å². The van der Waals surface area contributed by atoms with Crippen molar-refractivity contribution in [2.24, 2.45) is 0 Å². The Balaban J connectivity index is 1.85. The zero-order valence-electron chi connectivity index (χ0n) is 11.9. The van der Waals surface area contributed by atoms with Gasteiger partial charge in [-0.1, -0.05) is 6.42 Å². The lowest BCUT2D eigenvalue weighted by Crippen LogP contribution is -2.35. The van der Waals surface area contributed by atoms with Crippen LogP contribution in [0.25, 0.3) is 0 Å². The SMILES string of the molecule is CN(C(=O)CCC1CCCCN1)c1ccc(C#N)cc1. The number of anilines is 1. The molecule has 2 rings (SSSR count). The first-order valence-corrected chi connectivity index (χ1v) is 7.21. The molecule has 4 nitrogen and oxygen atoms in total. The summed E-state index contributed by atoms with van der Waals surface area (Å²) in [4.78, 5) is 13.8. The van der Waals surface area contributed by atoms with Crippen molar-refractivity contribution in [3.05, 3.63) is 29.8 Å². The molecule has 1 aliphatic rings. The molecule has 1 fully saturated rings. The van der Waals surface area contributed by atoms with E-state index in [9.17, 15) is 4.79 Å². The molecule has 0 aromatic heterocycles. The summed E-state index contributed by atoms with van der Waals surface area (Å²) < 4.78 is 0. The Hall–Kier alpha value is -1.86. The van der Waals surface area contributed by atoms with E-state index in [1.807, 2.05) is 12.1 Å². The van der Waals surface area contributed by atoms with E-state index in [1.54, 1.807) is 24.1 Å². The van der Waals surface area contributed by atoms with Crippen molar-refractivity contribution < 1.29 is 4.79 Å². The molecule has 1 atom stereocenters. The maximum Gasteiger partial charge on any atom is 0.226 e. The van der Waals surface area contributed by atoms with Crippen molar-refractivity contribution in [3.8, 4) is 6.07 Å². The summed E-state index contributed by atoms with van der Waals surface area (Å²) in [6, 6.07) is 9.67. The predicted octanol–water partition coefficient (Wildman–Crippen LogP) is 2.44. The van der Waals surface area contributed by atoms with Crippen molar-refractivity contribution in [2.45, 2.75) is 38.1 Å². The number of nitrogens with zero attached hydrogens (tertiary/aromatic N) is 2. The Labute approximate surface area is 120 Å². The fourth-order valence-corrected chi connectivity index (χ4v) is 2.54. The molecule has 1 aliphatic heterocycles.